The lowest BCUT2D eigenvalue weighted by molar-refractivity contribution is 0.0923. The van der Waals surface area contributed by atoms with Crippen molar-refractivity contribution >= 4 is 27.4 Å². The van der Waals surface area contributed by atoms with Crippen molar-refractivity contribution in [3.8, 4) is 0 Å². The number of rotatable bonds is 2. The molecule has 3 unspecified atom stereocenters. The smallest absolute Gasteiger partial charge is 0.270 e. The normalized spacial score (nSPS) is 28.1. The Kier molecular flexibility index (Phi) is 2.82. The van der Waals surface area contributed by atoms with Gasteiger partial charge >= 0.3 is 0 Å². The molecule has 2 aromatic heterocycles. The molecule has 0 radical (unpaired) electrons. The molecule has 3 heterocycles. The zero-order valence-corrected chi connectivity index (χ0v) is 12.4. The van der Waals surface area contributed by atoms with Gasteiger partial charge in [-0.1, -0.05) is 0 Å². The maximum atomic E-state index is 12.3. The fourth-order valence-corrected chi connectivity index (χ4v) is 3.81. The predicted molar refractivity (Wildman–Crippen MR) is 78.7 cm³/mol. The van der Waals surface area contributed by atoms with Crippen LogP contribution in [0, 0.1) is 5.92 Å². The predicted octanol–water partition coefficient (Wildman–Crippen LogP) is 1.58. The summed E-state index contributed by atoms with van der Waals surface area (Å²) in [5, 5.41) is 6.56. The van der Waals surface area contributed by atoms with Gasteiger partial charge in [-0.3, -0.25) is 4.79 Å². The average Bonchev–Trinajstić information content (AvgIpc) is 3.10. The van der Waals surface area contributed by atoms with Crippen molar-refractivity contribution in [2.24, 2.45) is 5.92 Å². The fraction of sp³-hybridized carbons (Fsp3) is 0.429. The topological polar surface area (TPSA) is 58.4 Å². The average molecular weight is 335 g/mol. The van der Waals surface area contributed by atoms with E-state index in [0.29, 0.717) is 11.7 Å². The molecule has 2 aliphatic rings. The molecule has 1 aliphatic carbocycles. The molecular formula is C14H15BrN4O. The molecule has 2 aromatic rings. The zero-order valence-electron chi connectivity index (χ0n) is 10.8. The Labute approximate surface area is 124 Å². The van der Waals surface area contributed by atoms with Crippen LogP contribution < -0.4 is 10.6 Å². The van der Waals surface area contributed by atoms with Gasteiger partial charge in [-0.05, 0) is 53.4 Å². The van der Waals surface area contributed by atoms with E-state index >= 15 is 0 Å². The number of amides is 1. The monoisotopic (exact) mass is 334 g/mol. The summed E-state index contributed by atoms with van der Waals surface area (Å²) in [6, 6.07) is 4.48. The molecule has 4 rings (SSSR count). The van der Waals surface area contributed by atoms with Gasteiger partial charge in [0.15, 0.2) is 0 Å². The van der Waals surface area contributed by atoms with Crippen molar-refractivity contribution in [2.75, 3.05) is 6.54 Å². The van der Waals surface area contributed by atoms with Crippen LogP contribution in [0.2, 0.25) is 0 Å². The quantitative estimate of drug-likeness (QED) is 0.876. The molecule has 2 bridgehead atoms. The number of halogens is 1. The van der Waals surface area contributed by atoms with Gasteiger partial charge in [0.05, 0.1) is 0 Å². The van der Waals surface area contributed by atoms with Gasteiger partial charge in [-0.25, -0.2) is 4.98 Å². The number of carbonyl (C=O) groups excluding carboxylic acids is 1. The van der Waals surface area contributed by atoms with Gasteiger partial charge in [0.2, 0.25) is 0 Å². The molecule has 0 aromatic carbocycles. The van der Waals surface area contributed by atoms with E-state index in [4.69, 9.17) is 0 Å². The largest absolute Gasteiger partial charge is 0.346 e. The number of piperidine rings is 1. The molecule has 104 valence electrons. The summed E-state index contributed by atoms with van der Waals surface area (Å²) in [6.45, 7) is 1.10. The first kappa shape index (κ1) is 12.3. The minimum absolute atomic E-state index is 0.0795. The first-order valence-electron chi connectivity index (χ1n) is 6.86. The molecule has 5 nitrogen and oxygen atoms in total. The molecule has 1 aliphatic heterocycles. The van der Waals surface area contributed by atoms with Crippen molar-refractivity contribution < 1.29 is 4.79 Å². The second kappa shape index (κ2) is 4.56. The first-order valence-corrected chi connectivity index (χ1v) is 7.66. The summed E-state index contributed by atoms with van der Waals surface area (Å²) in [4.78, 5) is 16.5. The molecule has 3 atom stereocenters. The Morgan fingerprint density at radius 2 is 2.35 bits per heavy atom. The minimum atomic E-state index is -0.0795. The van der Waals surface area contributed by atoms with E-state index in [2.05, 4.69) is 31.5 Å². The summed E-state index contributed by atoms with van der Waals surface area (Å²) >= 11 is 3.42. The Bertz CT molecular complexity index is 683. The molecule has 2 N–H and O–H groups in total. The van der Waals surface area contributed by atoms with Gasteiger partial charge in [0, 0.05) is 28.3 Å². The van der Waals surface area contributed by atoms with Crippen LogP contribution in [-0.4, -0.2) is 33.9 Å². The first-order chi connectivity index (χ1) is 9.69. The number of nitrogens with one attached hydrogen (secondary N) is 2. The van der Waals surface area contributed by atoms with Crippen molar-refractivity contribution in [1.29, 1.82) is 0 Å². The van der Waals surface area contributed by atoms with E-state index in [-0.39, 0.29) is 11.9 Å². The SMILES string of the molecule is O=C(NC1CC2CNC1C2)c1cc2cc(Br)cn2cn1. The third-order valence-corrected chi connectivity index (χ3v) is 4.76. The second-order valence-electron chi connectivity index (χ2n) is 5.70. The fourth-order valence-electron chi connectivity index (χ4n) is 3.36. The van der Waals surface area contributed by atoms with Gasteiger partial charge in [-0.2, -0.15) is 0 Å². The highest BCUT2D eigenvalue weighted by Gasteiger charge is 2.40. The highest BCUT2D eigenvalue weighted by Crippen LogP contribution is 2.31. The number of aromatic nitrogens is 2. The second-order valence-corrected chi connectivity index (χ2v) is 6.61. The van der Waals surface area contributed by atoms with Gasteiger partial charge in [-0.15, -0.1) is 0 Å². The standard InChI is InChI=1S/C14H15BrN4O/c15-9-3-10-4-13(17-7-19(10)6-9)14(20)18-12-2-8-1-11(12)16-5-8/h3-4,6-8,11-12,16H,1-2,5H2,(H,18,20). The summed E-state index contributed by atoms with van der Waals surface area (Å²) < 4.78 is 2.87. The maximum Gasteiger partial charge on any atom is 0.270 e. The number of nitrogens with zero attached hydrogens (tertiary/aromatic N) is 2. The number of carbonyl (C=O) groups is 1. The molecule has 2 fully saturated rings. The molecule has 1 amide bonds. The number of hydrogen-bond acceptors (Lipinski definition) is 3. The summed E-state index contributed by atoms with van der Waals surface area (Å²) in [5.74, 6) is 0.645. The summed E-state index contributed by atoms with van der Waals surface area (Å²) in [7, 11) is 0. The molecule has 0 spiro atoms. The van der Waals surface area contributed by atoms with Crippen molar-refractivity contribution in [3.63, 3.8) is 0 Å². The minimum Gasteiger partial charge on any atom is -0.346 e. The van der Waals surface area contributed by atoms with E-state index < -0.39 is 0 Å². The van der Waals surface area contributed by atoms with Gasteiger partial charge in [0.1, 0.15) is 12.0 Å². The van der Waals surface area contributed by atoms with Crippen LogP contribution in [0.4, 0.5) is 0 Å². The Morgan fingerprint density at radius 3 is 3.10 bits per heavy atom. The Hall–Kier alpha value is -1.40. The van der Waals surface area contributed by atoms with Crippen LogP contribution in [0.5, 0.6) is 0 Å². The Morgan fingerprint density at radius 1 is 1.45 bits per heavy atom. The van der Waals surface area contributed by atoms with Gasteiger partial charge in [0.25, 0.3) is 5.91 Å². The lowest BCUT2D eigenvalue weighted by Crippen LogP contribution is -2.48. The lowest BCUT2D eigenvalue weighted by atomic mass is 10.1. The highest BCUT2D eigenvalue weighted by atomic mass is 79.9. The van der Waals surface area contributed by atoms with Crippen LogP contribution in [-0.2, 0) is 0 Å². The van der Waals surface area contributed by atoms with Crippen molar-refractivity contribution in [3.05, 3.63) is 34.8 Å². The van der Waals surface area contributed by atoms with Crippen molar-refractivity contribution in [2.45, 2.75) is 24.9 Å². The molecular weight excluding hydrogens is 320 g/mol. The molecule has 1 saturated heterocycles. The molecule has 6 heteroatoms. The van der Waals surface area contributed by atoms with Crippen LogP contribution in [0.25, 0.3) is 5.52 Å². The lowest BCUT2D eigenvalue weighted by Gasteiger charge is -2.23. The van der Waals surface area contributed by atoms with E-state index in [9.17, 15) is 4.79 Å². The summed E-state index contributed by atoms with van der Waals surface area (Å²) in [6.07, 6.45) is 5.86. The van der Waals surface area contributed by atoms with E-state index in [1.54, 1.807) is 6.33 Å². The van der Waals surface area contributed by atoms with Crippen LogP contribution in [0.3, 0.4) is 0 Å². The van der Waals surface area contributed by atoms with Crippen LogP contribution in [0.15, 0.2) is 29.1 Å². The molecule has 1 saturated carbocycles. The molecule has 20 heavy (non-hydrogen) atoms. The summed E-state index contributed by atoms with van der Waals surface area (Å²) in [5.41, 5.74) is 1.44. The van der Waals surface area contributed by atoms with Crippen LogP contribution >= 0.6 is 15.9 Å². The number of hydrogen-bond donors (Lipinski definition) is 2. The number of fused-ring (bicyclic) bond motifs is 3. The zero-order chi connectivity index (χ0) is 13.7. The van der Waals surface area contributed by atoms with E-state index in [0.717, 1.165) is 28.9 Å². The third kappa shape index (κ3) is 2.03. The Balaban J connectivity index is 1.54. The van der Waals surface area contributed by atoms with Gasteiger partial charge < -0.3 is 15.0 Å². The van der Waals surface area contributed by atoms with Crippen LogP contribution in [0.1, 0.15) is 23.3 Å². The van der Waals surface area contributed by atoms with E-state index in [1.165, 1.54) is 6.42 Å². The maximum absolute atomic E-state index is 12.3. The third-order valence-electron chi connectivity index (χ3n) is 4.33. The van der Waals surface area contributed by atoms with Crippen molar-refractivity contribution in [1.82, 2.24) is 20.0 Å². The highest BCUT2D eigenvalue weighted by molar-refractivity contribution is 9.10. The van der Waals surface area contributed by atoms with E-state index in [1.807, 2.05) is 22.7 Å².